The first kappa shape index (κ1) is 10.3. The predicted molar refractivity (Wildman–Crippen MR) is 65.9 cm³/mol. The number of fused-ring (bicyclic) bond motifs is 1. The Kier molecular flexibility index (Phi) is 2.70. The molecule has 2 aliphatic rings. The zero-order chi connectivity index (χ0) is 11.0. The Morgan fingerprint density at radius 3 is 2.38 bits per heavy atom. The molecule has 2 heteroatoms. The fourth-order valence-electron chi connectivity index (χ4n) is 3.15. The average Bonchev–Trinajstić information content (AvgIpc) is 2.72. The van der Waals surface area contributed by atoms with E-state index in [0.29, 0.717) is 6.04 Å². The maximum atomic E-state index is 6.07. The summed E-state index contributed by atoms with van der Waals surface area (Å²) >= 11 is 0. The van der Waals surface area contributed by atoms with Crippen LogP contribution < -0.4 is 5.73 Å². The number of rotatable bonds is 1. The van der Waals surface area contributed by atoms with Gasteiger partial charge in [0, 0.05) is 25.2 Å². The molecule has 1 heterocycles. The van der Waals surface area contributed by atoms with Gasteiger partial charge in [-0.15, -0.1) is 0 Å². The number of hydrogen-bond donors (Lipinski definition) is 1. The van der Waals surface area contributed by atoms with Crippen molar-refractivity contribution in [2.24, 2.45) is 5.73 Å². The number of nitrogens with two attached hydrogens (primary N) is 1. The lowest BCUT2D eigenvalue weighted by molar-refractivity contribution is 0.147. The molecule has 2 N–H and O–H groups in total. The molecule has 16 heavy (non-hydrogen) atoms. The number of nitrogens with zero attached hydrogens (tertiary/aromatic N) is 1. The monoisotopic (exact) mass is 216 g/mol. The molecule has 1 aromatic rings. The second-order valence-corrected chi connectivity index (χ2v) is 5.25. The molecule has 1 aromatic carbocycles. The highest BCUT2D eigenvalue weighted by Crippen LogP contribution is 2.30. The standard InChI is InChI=1S/C14H20N2/c15-13-6-3-7-14(8-13)16-9-11-4-1-2-5-12(11)10-16/h1-2,4-5,13-14H,3,6-10,15H2. The minimum atomic E-state index is 0.433. The van der Waals surface area contributed by atoms with E-state index in [0.717, 1.165) is 19.1 Å². The largest absolute Gasteiger partial charge is 0.328 e. The molecule has 1 saturated carbocycles. The van der Waals surface area contributed by atoms with Gasteiger partial charge in [0.15, 0.2) is 0 Å². The van der Waals surface area contributed by atoms with E-state index in [9.17, 15) is 0 Å². The average molecular weight is 216 g/mol. The van der Waals surface area contributed by atoms with Crippen LogP contribution in [0.2, 0.25) is 0 Å². The van der Waals surface area contributed by atoms with E-state index < -0.39 is 0 Å². The molecule has 3 rings (SSSR count). The smallest absolute Gasteiger partial charge is 0.0243 e. The van der Waals surface area contributed by atoms with Crippen LogP contribution in [0.25, 0.3) is 0 Å². The first-order valence-electron chi connectivity index (χ1n) is 6.39. The third-order valence-electron chi connectivity index (χ3n) is 4.07. The zero-order valence-corrected chi connectivity index (χ0v) is 9.73. The van der Waals surface area contributed by atoms with Crippen molar-refractivity contribution in [2.75, 3.05) is 0 Å². The molecule has 2 unspecified atom stereocenters. The first-order chi connectivity index (χ1) is 7.83. The van der Waals surface area contributed by atoms with Crippen molar-refractivity contribution >= 4 is 0 Å². The summed E-state index contributed by atoms with van der Waals surface area (Å²) in [6, 6.07) is 9.97. The van der Waals surface area contributed by atoms with E-state index in [-0.39, 0.29) is 0 Å². The van der Waals surface area contributed by atoms with Crippen molar-refractivity contribution in [3.63, 3.8) is 0 Å². The van der Waals surface area contributed by atoms with E-state index in [4.69, 9.17) is 5.73 Å². The van der Waals surface area contributed by atoms with E-state index in [1.807, 2.05) is 0 Å². The number of hydrogen-bond acceptors (Lipinski definition) is 2. The van der Waals surface area contributed by atoms with Gasteiger partial charge >= 0.3 is 0 Å². The van der Waals surface area contributed by atoms with Crippen LogP contribution in [0.4, 0.5) is 0 Å². The van der Waals surface area contributed by atoms with Gasteiger partial charge in [-0.1, -0.05) is 30.7 Å². The summed E-state index contributed by atoms with van der Waals surface area (Å²) in [6.45, 7) is 2.26. The Morgan fingerprint density at radius 1 is 1.06 bits per heavy atom. The minimum Gasteiger partial charge on any atom is -0.328 e. The van der Waals surface area contributed by atoms with Crippen LogP contribution in [0.15, 0.2) is 24.3 Å². The molecule has 0 radical (unpaired) electrons. The maximum absolute atomic E-state index is 6.07. The summed E-state index contributed by atoms with van der Waals surface area (Å²) in [5.74, 6) is 0. The third kappa shape index (κ3) is 1.87. The van der Waals surface area contributed by atoms with Crippen molar-refractivity contribution < 1.29 is 0 Å². The molecule has 2 nitrogen and oxygen atoms in total. The fourth-order valence-corrected chi connectivity index (χ4v) is 3.15. The van der Waals surface area contributed by atoms with E-state index in [1.165, 1.54) is 36.8 Å². The summed E-state index contributed by atoms with van der Waals surface area (Å²) in [6.07, 6.45) is 5.05. The highest BCUT2D eigenvalue weighted by atomic mass is 15.2. The maximum Gasteiger partial charge on any atom is 0.0243 e. The molecule has 0 amide bonds. The van der Waals surface area contributed by atoms with Crippen molar-refractivity contribution in [3.8, 4) is 0 Å². The lowest BCUT2D eigenvalue weighted by Gasteiger charge is -2.33. The van der Waals surface area contributed by atoms with Crippen molar-refractivity contribution in [1.82, 2.24) is 4.90 Å². The lowest BCUT2D eigenvalue weighted by atomic mass is 9.91. The fraction of sp³-hybridized carbons (Fsp3) is 0.571. The van der Waals surface area contributed by atoms with Crippen LogP contribution in [0.1, 0.15) is 36.8 Å². The second kappa shape index (κ2) is 4.19. The van der Waals surface area contributed by atoms with Gasteiger partial charge in [0.05, 0.1) is 0 Å². The van der Waals surface area contributed by atoms with E-state index in [1.54, 1.807) is 0 Å². The highest BCUT2D eigenvalue weighted by molar-refractivity contribution is 5.30. The van der Waals surface area contributed by atoms with Crippen molar-refractivity contribution in [1.29, 1.82) is 0 Å². The molecule has 0 aromatic heterocycles. The molecular weight excluding hydrogens is 196 g/mol. The van der Waals surface area contributed by atoms with Crippen LogP contribution >= 0.6 is 0 Å². The normalized spacial score (nSPS) is 30.3. The van der Waals surface area contributed by atoms with Crippen LogP contribution in [0.5, 0.6) is 0 Å². The molecule has 0 spiro atoms. The Balaban J connectivity index is 1.71. The van der Waals surface area contributed by atoms with Gasteiger partial charge in [-0.25, -0.2) is 0 Å². The van der Waals surface area contributed by atoms with Gasteiger partial charge in [0.25, 0.3) is 0 Å². The Bertz CT molecular complexity index is 350. The third-order valence-corrected chi connectivity index (χ3v) is 4.07. The zero-order valence-electron chi connectivity index (χ0n) is 9.73. The summed E-state index contributed by atoms with van der Waals surface area (Å²) < 4.78 is 0. The topological polar surface area (TPSA) is 29.3 Å². The Labute approximate surface area is 97.4 Å². The van der Waals surface area contributed by atoms with Crippen LogP contribution in [-0.4, -0.2) is 17.0 Å². The molecule has 1 fully saturated rings. The van der Waals surface area contributed by atoms with Gasteiger partial charge in [0.1, 0.15) is 0 Å². The van der Waals surface area contributed by atoms with E-state index in [2.05, 4.69) is 29.2 Å². The predicted octanol–water partition coefficient (Wildman–Crippen LogP) is 2.27. The van der Waals surface area contributed by atoms with Crippen LogP contribution in [0.3, 0.4) is 0 Å². The number of benzene rings is 1. The summed E-state index contributed by atoms with van der Waals surface area (Å²) in [4.78, 5) is 2.61. The molecule has 2 atom stereocenters. The van der Waals surface area contributed by atoms with Gasteiger partial charge in [0.2, 0.25) is 0 Å². The molecule has 1 aliphatic carbocycles. The second-order valence-electron chi connectivity index (χ2n) is 5.25. The van der Waals surface area contributed by atoms with Gasteiger partial charge in [-0.05, 0) is 30.4 Å². The van der Waals surface area contributed by atoms with Crippen LogP contribution in [-0.2, 0) is 13.1 Å². The Morgan fingerprint density at radius 2 is 1.75 bits per heavy atom. The molecule has 86 valence electrons. The SMILES string of the molecule is NC1CCCC(N2Cc3ccccc3C2)C1. The molecule has 0 saturated heterocycles. The first-order valence-corrected chi connectivity index (χ1v) is 6.39. The lowest BCUT2D eigenvalue weighted by Crippen LogP contribution is -2.39. The minimum absolute atomic E-state index is 0.433. The summed E-state index contributed by atoms with van der Waals surface area (Å²) in [5.41, 5.74) is 9.10. The summed E-state index contributed by atoms with van der Waals surface area (Å²) in [7, 11) is 0. The van der Waals surface area contributed by atoms with Gasteiger partial charge in [-0.2, -0.15) is 0 Å². The van der Waals surface area contributed by atoms with Crippen molar-refractivity contribution in [3.05, 3.63) is 35.4 Å². The van der Waals surface area contributed by atoms with Crippen LogP contribution in [0, 0.1) is 0 Å². The molecular formula is C14H20N2. The quantitative estimate of drug-likeness (QED) is 0.780. The summed E-state index contributed by atoms with van der Waals surface area (Å²) in [5, 5.41) is 0. The Hall–Kier alpha value is -0.860. The van der Waals surface area contributed by atoms with E-state index >= 15 is 0 Å². The molecule has 0 bridgehead atoms. The van der Waals surface area contributed by atoms with Crippen molar-refractivity contribution in [2.45, 2.75) is 50.9 Å². The highest BCUT2D eigenvalue weighted by Gasteiger charge is 2.28. The molecule has 1 aliphatic heterocycles. The van der Waals surface area contributed by atoms with Gasteiger partial charge < -0.3 is 5.73 Å². The van der Waals surface area contributed by atoms with Gasteiger partial charge in [-0.3, -0.25) is 4.90 Å².